The van der Waals surface area contributed by atoms with Gasteiger partial charge < -0.3 is 14.3 Å². The molecule has 2 aromatic carbocycles. The molecule has 0 radical (unpaired) electrons. The normalized spacial score (nSPS) is 11.1. The van der Waals surface area contributed by atoms with Crippen molar-refractivity contribution in [2.24, 2.45) is 0 Å². The number of nitrogens with one attached hydrogen (secondary N) is 1. The van der Waals surface area contributed by atoms with Crippen LogP contribution in [-0.4, -0.2) is 22.0 Å². The molecule has 0 fully saturated rings. The van der Waals surface area contributed by atoms with Gasteiger partial charge in [-0.15, -0.1) is 11.8 Å². The van der Waals surface area contributed by atoms with Crippen LogP contribution in [0.2, 0.25) is 0 Å². The molecule has 0 saturated carbocycles. The highest BCUT2D eigenvalue weighted by atomic mass is 32.2. The highest BCUT2D eigenvalue weighted by molar-refractivity contribution is 7.98. The molecular weight excluding hydrogens is 382 g/mol. The van der Waals surface area contributed by atoms with E-state index in [1.165, 1.54) is 4.90 Å². The zero-order chi connectivity index (χ0) is 20.1. The third-order valence-corrected chi connectivity index (χ3v) is 5.84. The van der Waals surface area contributed by atoms with Gasteiger partial charge in [-0.1, -0.05) is 30.3 Å². The van der Waals surface area contributed by atoms with Gasteiger partial charge >= 0.3 is 0 Å². The summed E-state index contributed by atoms with van der Waals surface area (Å²) in [6, 6.07) is 20.1. The van der Waals surface area contributed by atoms with Crippen LogP contribution in [0.3, 0.4) is 0 Å². The highest BCUT2D eigenvalue weighted by Gasteiger charge is 2.15. The first kappa shape index (κ1) is 19.3. The van der Waals surface area contributed by atoms with Crippen molar-refractivity contribution in [3.8, 4) is 0 Å². The zero-order valence-electron chi connectivity index (χ0n) is 16.3. The van der Waals surface area contributed by atoms with Crippen molar-refractivity contribution in [1.82, 2.24) is 14.9 Å². The van der Waals surface area contributed by atoms with Gasteiger partial charge in [0.25, 0.3) is 5.91 Å². The Kier molecular flexibility index (Phi) is 6.00. The lowest BCUT2D eigenvalue weighted by atomic mass is 10.2. The predicted molar refractivity (Wildman–Crippen MR) is 116 cm³/mol. The van der Waals surface area contributed by atoms with E-state index in [1.807, 2.05) is 49.4 Å². The van der Waals surface area contributed by atoms with Crippen molar-refractivity contribution < 1.29 is 9.21 Å². The zero-order valence-corrected chi connectivity index (χ0v) is 17.1. The molecule has 1 N–H and O–H groups in total. The third-order valence-electron chi connectivity index (χ3n) is 4.78. The van der Waals surface area contributed by atoms with Crippen LogP contribution in [0.25, 0.3) is 11.0 Å². The minimum absolute atomic E-state index is 0.161. The number of nitrogens with zero attached hydrogens (tertiary/aromatic N) is 2. The van der Waals surface area contributed by atoms with Crippen LogP contribution < -0.4 is 5.32 Å². The van der Waals surface area contributed by atoms with Crippen molar-refractivity contribution in [2.45, 2.75) is 30.5 Å². The van der Waals surface area contributed by atoms with Gasteiger partial charge in [0.1, 0.15) is 5.82 Å². The number of imidazole rings is 1. The molecule has 4 aromatic rings. The monoisotopic (exact) mass is 405 g/mol. The van der Waals surface area contributed by atoms with Crippen molar-refractivity contribution in [2.75, 3.05) is 6.54 Å². The lowest BCUT2D eigenvalue weighted by Gasteiger charge is -2.08. The number of aryl methyl sites for hydroxylation is 2. The number of fused-ring (bicyclic) bond motifs is 1. The van der Waals surface area contributed by atoms with Gasteiger partial charge in [0.2, 0.25) is 0 Å². The predicted octanol–water partition coefficient (Wildman–Crippen LogP) is 5.05. The first-order valence-electron chi connectivity index (χ1n) is 9.66. The van der Waals surface area contributed by atoms with E-state index in [0.29, 0.717) is 18.1 Å². The average Bonchev–Trinajstić information content (AvgIpc) is 3.34. The maximum atomic E-state index is 12.5. The second kappa shape index (κ2) is 9.01. The van der Waals surface area contributed by atoms with Gasteiger partial charge in [-0.05, 0) is 43.7 Å². The maximum absolute atomic E-state index is 12.5. The maximum Gasteiger partial charge on any atom is 0.287 e. The van der Waals surface area contributed by atoms with E-state index in [9.17, 15) is 4.79 Å². The molecular formula is C23H23N3O2S. The minimum Gasteiger partial charge on any atom is -0.459 e. The molecule has 29 heavy (non-hydrogen) atoms. The Hall–Kier alpha value is -2.99. The molecule has 0 bridgehead atoms. The van der Waals surface area contributed by atoms with Gasteiger partial charge in [-0.25, -0.2) is 4.98 Å². The number of thioether (sulfide) groups is 1. The third kappa shape index (κ3) is 4.54. The van der Waals surface area contributed by atoms with E-state index in [4.69, 9.17) is 4.42 Å². The Morgan fingerprint density at radius 2 is 1.90 bits per heavy atom. The molecule has 4 rings (SSSR count). The van der Waals surface area contributed by atoms with Crippen LogP contribution in [0.15, 0.2) is 76.2 Å². The first-order valence-corrected chi connectivity index (χ1v) is 10.7. The Labute approximate surface area is 174 Å². The van der Waals surface area contributed by atoms with Crippen molar-refractivity contribution in [1.29, 1.82) is 0 Å². The summed E-state index contributed by atoms with van der Waals surface area (Å²) in [6.07, 6.45) is 2.40. The summed E-state index contributed by atoms with van der Waals surface area (Å²) >= 11 is 1.69. The number of aromatic nitrogens is 2. The summed E-state index contributed by atoms with van der Waals surface area (Å²) in [6.45, 7) is 3.40. The van der Waals surface area contributed by atoms with E-state index in [-0.39, 0.29) is 5.91 Å². The molecule has 0 saturated heterocycles. The molecule has 0 spiro atoms. The van der Waals surface area contributed by atoms with Crippen LogP contribution in [0, 0.1) is 6.92 Å². The van der Waals surface area contributed by atoms with E-state index >= 15 is 0 Å². The fourth-order valence-corrected chi connectivity index (χ4v) is 4.22. The van der Waals surface area contributed by atoms with Gasteiger partial charge in [0, 0.05) is 29.3 Å². The van der Waals surface area contributed by atoms with E-state index in [2.05, 4.69) is 33.1 Å². The molecule has 1 amide bonds. The Morgan fingerprint density at radius 1 is 1.10 bits per heavy atom. The van der Waals surface area contributed by atoms with Gasteiger partial charge in [-0.3, -0.25) is 4.79 Å². The molecule has 0 atom stereocenters. The number of carbonyl (C=O) groups excluding carboxylic acids is 1. The largest absolute Gasteiger partial charge is 0.459 e. The molecule has 0 aliphatic rings. The summed E-state index contributed by atoms with van der Waals surface area (Å²) in [5, 5.41) is 2.98. The number of furan rings is 1. The Morgan fingerprint density at radius 3 is 2.76 bits per heavy atom. The van der Waals surface area contributed by atoms with Crippen LogP contribution in [0.1, 0.15) is 28.4 Å². The number of carbonyl (C=O) groups is 1. The lowest BCUT2D eigenvalue weighted by molar-refractivity contribution is 0.0924. The summed E-state index contributed by atoms with van der Waals surface area (Å²) < 4.78 is 7.64. The quantitative estimate of drug-likeness (QED) is 0.329. The number of rotatable bonds is 8. The second-order valence-corrected chi connectivity index (χ2v) is 7.83. The number of para-hydroxylation sites is 2. The topological polar surface area (TPSA) is 60.1 Å². The number of amides is 1. The molecule has 6 heteroatoms. The van der Waals surface area contributed by atoms with Crippen molar-refractivity contribution in [3.05, 3.63) is 84.1 Å². The highest BCUT2D eigenvalue weighted by Crippen LogP contribution is 2.24. The Bertz CT molecular complexity index is 1100. The standard InChI is InChI=1S/C23H23N3O2S/c1-17-25-20-10-5-6-11-21(20)26(17)14-7-13-24-23(27)22-18(12-15-28-22)16-29-19-8-3-2-4-9-19/h2-6,8-12,15H,7,13-14,16H2,1H3,(H,24,27). The molecule has 0 aliphatic carbocycles. The van der Waals surface area contributed by atoms with Crippen LogP contribution in [0.5, 0.6) is 0 Å². The van der Waals surface area contributed by atoms with Crippen LogP contribution in [-0.2, 0) is 12.3 Å². The minimum atomic E-state index is -0.161. The smallest absolute Gasteiger partial charge is 0.287 e. The van der Waals surface area contributed by atoms with Crippen molar-refractivity contribution in [3.63, 3.8) is 0 Å². The first-order chi connectivity index (χ1) is 14.2. The SMILES string of the molecule is Cc1nc2ccccc2n1CCCNC(=O)c1occc1CSc1ccccc1. The molecule has 0 aliphatic heterocycles. The second-order valence-electron chi connectivity index (χ2n) is 6.79. The summed E-state index contributed by atoms with van der Waals surface area (Å²) in [4.78, 5) is 18.3. The van der Waals surface area contributed by atoms with Crippen LogP contribution >= 0.6 is 11.8 Å². The van der Waals surface area contributed by atoms with Gasteiger partial charge in [-0.2, -0.15) is 0 Å². The van der Waals surface area contributed by atoms with E-state index in [1.54, 1.807) is 18.0 Å². The van der Waals surface area contributed by atoms with E-state index < -0.39 is 0 Å². The molecule has 2 heterocycles. The lowest BCUT2D eigenvalue weighted by Crippen LogP contribution is -2.25. The Balaban J connectivity index is 1.30. The summed E-state index contributed by atoms with van der Waals surface area (Å²) in [5.74, 6) is 1.93. The molecule has 0 unspecified atom stereocenters. The van der Waals surface area contributed by atoms with Gasteiger partial charge in [0.05, 0.1) is 17.3 Å². The molecule has 2 aromatic heterocycles. The van der Waals surface area contributed by atoms with Gasteiger partial charge in [0.15, 0.2) is 5.76 Å². The number of hydrogen-bond acceptors (Lipinski definition) is 4. The number of benzene rings is 2. The fraction of sp³-hybridized carbons (Fsp3) is 0.217. The fourth-order valence-electron chi connectivity index (χ4n) is 3.32. The number of hydrogen-bond donors (Lipinski definition) is 1. The average molecular weight is 406 g/mol. The summed E-state index contributed by atoms with van der Waals surface area (Å²) in [7, 11) is 0. The molecule has 148 valence electrons. The van der Waals surface area contributed by atoms with Crippen molar-refractivity contribution >= 4 is 28.7 Å². The van der Waals surface area contributed by atoms with Crippen LogP contribution in [0.4, 0.5) is 0 Å². The van der Waals surface area contributed by atoms with E-state index in [0.717, 1.165) is 35.4 Å². The summed E-state index contributed by atoms with van der Waals surface area (Å²) in [5.41, 5.74) is 3.04. The molecule has 5 nitrogen and oxygen atoms in total.